The Kier molecular flexibility index (Phi) is 7.02. The Labute approximate surface area is 201 Å². The lowest BCUT2D eigenvalue weighted by Gasteiger charge is -2.15. The van der Waals surface area contributed by atoms with Crippen molar-refractivity contribution in [3.05, 3.63) is 69.8 Å². The molecule has 0 aliphatic rings. The zero-order chi connectivity index (χ0) is 24.4. The highest BCUT2D eigenvalue weighted by atomic mass is 32.2. The summed E-state index contributed by atoms with van der Waals surface area (Å²) in [6.45, 7) is 8.51. The van der Waals surface area contributed by atoms with Gasteiger partial charge in [0, 0.05) is 23.9 Å². The molecule has 34 heavy (non-hydrogen) atoms. The Morgan fingerprint density at radius 1 is 1.15 bits per heavy atom. The third-order valence-corrected chi connectivity index (χ3v) is 6.63. The number of rotatable bonds is 8. The van der Waals surface area contributed by atoms with Gasteiger partial charge in [-0.2, -0.15) is 0 Å². The van der Waals surface area contributed by atoms with E-state index in [1.165, 1.54) is 23.9 Å². The van der Waals surface area contributed by atoms with Gasteiger partial charge in [-0.3, -0.25) is 18.6 Å². The molecule has 1 amide bonds. The second kappa shape index (κ2) is 9.97. The van der Waals surface area contributed by atoms with Gasteiger partial charge in [0.05, 0.1) is 10.9 Å². The van der Waals surface area contributed by atoms with Crippen molar-refractivity contribution >= 4 is 34.3 Å². The van der Waals surface area contributed by atoms with E-state index < -0.39 is 0 Å². The van der Waals surface area contributed by atoms with Crippen LogP contribution in [0.1, 0.15) is 50.0 Å². The number of aromatic nitrogens is 4. The van der Waals surface area contributed by atoms with Crippen LogP contribution >= 0.6 is 11.8 Å². The summed E-state index contributed by atoms with van der Waals surface area (Å²) in [5.41, 5.74) is 1.68. The average molecular weight is 482 g/mol. The van der Waals surface area contributed by atoms with Crippen LogP contribution in [0.5, 0.6) is 0 Å². The molecule has 2 heterocycles. The van der Waals surface area contributed by atoms with Crippen molar-refractivity contribution in [2.45, 2.75) is 57.6 Å². The number of halogens is 1. The van der Waals surface area contributed by atoms with E-state index in [1.807, 2.05) is 38.2 Å². The van der Waals surface area contributed by atoms with Gasteiger partial charge in [-0.1, -0.05) is 44.7 Å². The third kappa shape index (κ3) is 4.84. The van der Waals surface area contributed by atoms with Gasteiger partial charge in [-0.25, -0.2) is 4.39 Å². The van der Waals surface area contributed by atoms with E-state index >= 15 is 0 Å². The van der Waals surface area contributed by atoms with E-state index in [9.17, 15) is 14.0 Å². The van der Waals surface area contributed by atoms with Crippen LogP contribution in [0.4, 0.5) is 4.39 Å². The van der Waals surface area contributed by atoms with Crippen molar-refractivity contribution in [2.24, 2.45) is 5.92 Å². The van der Waals surface area contributed by atoms with Crippen molar-refractivity contribution in [3.8, 4) is 0 Å². The summed E-state index contributed by atoms with van der Waals surface area (Å²) in [6.07, 6.45) is 0.815. The number of nitrogens with one attached hydrogen (secondary N) is 1. The lowest BCUT2D eigenvalue weighted by molar-refractivity contribution is 0.0939. The number of nitrogens with zero attached hydrogens (tertiary/aromatic N) is 4. The van der Waals surface area contributed by atoms with Gasteiger partial charge in [-0.05, 0) is 55.2 Å². The van der Waals surface area contributed by atoms with Crippen molar-refractivity contribution in [1.29, 1.82) is 0 Å². The van der Waals surface area contributed by atoms with Crippen LogP contribution in [0, 0.1) is 11.7 Å². The van der Waals surface area contributed by atoms with E-state index in [0.29, 0.717) is 39.7 Å². The fraction of sp³-hybridized carbons (Fsp3) is 0.360. The first-order valence-electron chi connectivity index (χ1n) is 11.4. The van der Waals surface area contributed by atoms with Gasteiger partial charge in [0.1, 0.15) is 5.82 Å². The monoisotopic (exact) mass is 481 g/mol. The summed E-state index contributed by atoms with van der Waals surface area (Å²) < 4.78 is 17.1. The smallest absolute Gasteiger partial charge is 0.262 e. The maximum absolute atomic E-state index is 13.6. The molecule has 0 saturated carbocycles. The maximum atomic E-state index is 13.6. The Bertz CT molecular complexity index is 1410. The molecular formula is C25H28FN5O2S. The first-order valence-corrected chi connectivity index (χ1v) is 12.4. The van der Waals surface area contributed by atoms with Gasteiger partial charge in [0.25, 0.3) is 11.5 Å². The van der Waals surface area contributed by atoms with Crippen LogP contribution in [-0.2, 0) is 12.3 Å². The highest BCUT2D eigenvalue weighted by molar-refractivity contribution is 7.98. The predicted octanol–water partition coefficient (Wildman–Crippen LogP) is 4.66. The summed E-state index contributed by atoms with van der Waals surface area (Å²) in [7, 11) is 0. The number of carbonyl (C=O) groups excluding carboxylic acids is 1. The van der Waals surface area contributed by atoms with Gasteiger partial charge in [0.15, 0.2) is 5.16 Å². The average Bonchev–Trinajstić information content (AvgIpc) is 3.24. The molecule has 7 nitrogen and oxygen atoms in total. The Hall–Kier alpha value is -3.20. The summed E-state index contributed by atoms with van der Waals surface area (Å²) >= 11 is 1.40. The molecular weight excluding hydrogens is 453 g/mol. The molecule has 4 rings (SSSR count). The van der Waals surface area contributed by atoms with Crippen molar-refractivity contribution in [3.63, 3.8) is 0 Å². The highest BCUT2D eigenvalue weighted by Gasteiger charge is 2.19. The van der Waals surface area contributed by atoms with E-state index in [-0.39, 0.29) is 29.2 Å². The molecule has 0 aliphatic heterocycles. The highest BCUT2D eigenvalue weighted by Crippen LogP contribution is 2.26. The van der Waals surface area contributed by atoms with Crippen molar-refractivity contribution in [1.82, 2.24) is 24.5 Å². The van der Waals surface area contributed by atoms with Gasteiger partial charge in [0.2, 0.25) is 5.78 Å². The fourth-order valence-corrected chi connectivity index (χ4v) is 4.61. The molecule has 0 fully saturated rings. The molecule has 0 radical (unpaired) electrons. The molecule has 0 bridgehead atoms. The van der Waals surface area contributed by atoms with Gasteiger partial charge < -0.3 is 5.32 Å². The van der Waals surface area contributed by atoms with Crippen LogP contribution in [-0.4, -0.2) is 31.1 Å². The summed E-state index contributed by atoms with van der Waals surface area (Å²) in [4.78, 5) is 26.1. The molecule has 2 aromatic heterocycles. The number of thioether (sulfide) groups is 1. The Morgan fingerprint density at radius 2 is 1.94 bits per heavy atom. The minimum absolute atomic E-state index is 0.0366. The minimum atomic E-state index is -0.294. The summed E-state index contributed by atoms with van der Waals surface area (Å²) in [5.74, 6) is 0.639. The first-order chi connectivity index (χ1) is 16.3. The molecule has 0 spiro atoms. The molecule has 2 aromatic carbocycles. The maximum Gasteiger partial charge on any atom is 0.262 e. The van der Waals surface area contributed by atoms with Crippen LogP contribution < -0.4 is 10.9 Å². The molecule has 0 aliphatic carbocycles. The fourth-order valence-electron chi connectivity index (χ4n) is 3.73. The topological polar surface area (TPSA) is 81.3 Å². The van der Waals surface area contributed by atoms with E-state index in [1.54, 1.807) is 28.8 Å². The van der Waals surface area contributed by atoms with Crippen LogP contribution in [0.25, 0.3) is 16.7 Å². The number of hydrogen-bond donors (Lipinski definition) is 1. The minimum Gasteiger partial charge on any atom is -0.350 e. The van der Waals surface area contributed by atoms with Crippen LogP contribution in [0.15, 0.2) is 52.4 Å². The second-order valence-corrected chi connectivity index (χ2v) is 9.80. The third-order valence-electron chi connectivity index (χ3n) is 5.63. The van der Waals surface area contributed by atoms with E-state index in [0.717, 1.165) is 12.0 Å². The standard InChI is InChI=1S/C25H28FN5O2S/c1-5-16(4)27-22(32)18-9-10-20-21(12-18)31-24(30(23(20)33)13-15(2)3)28-29-25(31)34-14-17-7-6-8-19(26)11-17/h6-12,15-16H,5,13-14H2,1-4H3,(H,27,32)/t16-/m0/s1. The SMILES string of the molecule is CC[C@H](C)NC(=O)c1ccc2c(=O)n(CC(C)C)c3nnc(SCc4cccc(F)c4)n3c2c1. The lowest BCUT2D eigenvalue weighted by Crippen LogP contribution is -2.32. The summed E-state index contributed by atoms with van der Waals surface area (Å²) in [5, 5.41) is 12.7. The number of fused-ring (bicyclic) bond motifs is 3. The number of carbonyl (C=O) groups is 1. The quantitative estimate of drug-likeness (QED) is 0.370. The van der Waals surface area contributed by atoms with Gasteiger partial charge in [-0.15, -0.1) is 10.2 Å². The number of benzene rings is 2. The lowest BCUT2D eigenvalue weighted by atomic mass is 10.1. The molecule has 178 valence electrons. The van der Waals surface area contributed by atoms with Crippen molar-refractivity contribution < 1.29 is 9.18 Å². The second-order valence-electron chi connectivity index (χ2n) is 8.86. The zero-order valence-electron chi connectivity index (χ0n) is 19.7. The Balaban J connectivity index is 1.86. The first kappa shape index (κ1) is 23.9. The molecule has 0 saturated heterocycles. The normalized spacial score (nSPS) is 12.5. The summed E-state index contributed by atoms with van der Waals surface area (Å²) in [6, 6.07) is 11.5. The molecule has 4 aromatic rings. The largest absolute Gasteiger partial charge is 0.350 e. The molecule has 9 heteroatoms. The molecule has 1 atom stereocenters. The van der Waals surface area contributed by atoms with Crippen LogP contribution in [0.2, 0.25) is 0 Å². The number of hydrogen-bond acceptors (Lipinski definition) is 5. The molecule has 1 N–H and O–H groups in total. The van der Waals surface area contributed by atoms with Crippen LogP contribution in [0.3, 0.4) is 0 Å². The number of amides is 1. The zero-order valence-corrected chi connectivity index (χ0v) is 20.5. The van der Waals surface area contributed by atoms with E-state index in [2.05, 4.69) is 15.5 Å². The molecule has 0 unspecified atom stereocenters. The predicted molar refractivity (Wildman–Crippen MR) is 133 cm³/mol. The van der Waals surface area contributed by atoms with E-state index in [4.69, 9.17) is 0 Å². The van der Waals surface area contributed by atoms with Gasteiger partial charge >= 0.3 is 0 Å². The Morgan fingerprint density at radius 3 is 2.65 bits per heavy atom. The van der Waals surface area contributed by atoms with Crippen molar-refractivity contribution in [2.75, 3.05) is 0 Å².